The summed E-state index contributed by atoms with van der Waals surface area (Å²) in [4.78, 5) is 11.1. The number of carbonyl (C=O) groups is 1. The molecule has 0 aromatic carbocycles. The fraction of sp³-hybridized carbons (Fsp3) is 0.938. The number of halogens is 22. The van der Waals surface area contributed by atoms with Gasteiger partial charge >= 0.3 is 65.8 Å². The Labute approximate surface area is 210 Å². The van der Waals surface area contributed by atoms with E-state index >= 15 is 0 Å². The maximum Gasteiger partial charge on any atom is 0.460 e. The molecule has 0 fully saturated rings. The van der Waals surface area contributed by atoms with Crippen LogP contribution >= 0.6 is 0 Å². The number of rotatable bonds is 11. The summed E-state index contributed by atoms with van der Waals surface area (Å²) in [5.41, 5.74) is -2.09. The van der Waals surface area contributed by atoms with Gasteiger partial charge in [-0.05, 0) is 20.8 Å². The molecule has 0 bridgehead atoms. The lowest BCUT2D eigenvalue weighted by Crippen LogP contribution is -2.75. The predicted molar refractivity (Wildman–Crippen MR) is 82.4 cm³/mol. The third kappa shape index (κ3) is 6.04. The van der Waals surface area contributed by atoms with Gasteiger partial charge in [-0.25, -0.2) is 13.9 Å². The summed E-state index contributed by atoms with van der Waals surface area (Å²) in [5.74, 6) is -65.8. The minimum absolute atomic E-state index is 0.706. The topological polar surface area (TPSA) is 35.5 Å². The van der Waals surface area contributed by atoms with Crippen LogP contribution in [-0.2, 0) is 14.3 Å². The first-order valence-electron chi connectivity index (χ1n) is 9.28. The molecule has 0 radical (unpaired) electrons. The van der Waals surface area contributed by atoms with Crippen LogP contribution in [0.5, 0.6) is 0 Å². The second-order valence-corrected chi connectivity index (χ2v) is 8.61. The van der Waals surface area contributed by atoms with Crippen LogP contribution in [0.25, 0.3) is 0 Å². The Morgan fingerprint density at radius 1 is 0.512 bits per heavy atom. The van der Waals surface area contributed by atoms with Crippen molar-refractivity contribution in [2.45, 2.75) is 92.4 Å². The zero-order valence-electron chi connectivity index (χ0n) is 19.1. The van der Waals surface area contributed by atoms with E-state index in [1.165, 1.54) is 0 Å². The highest BCUT2D eigenvalue weighted by atomic mass is 19.4. The number of esters is 1. The van der Waals surface area contributed by atoms with Gasteiger partial charge in [-0.15, -0.1) is 0 Å². The smallest absolute Gasteiger partial charge is 0.454 e. The molecule has 0 saturated heterocycles. The Balaban J connectivity index is 6.80. The third-order valence-corrected chi connectivity index (χ3v) is 4.26. The van der Waals surface area contributed by atoms with Crippen LogP contribution in [0.2, 0.25) is 0 Å². The van der Waals surface area contributed by atoms with Crippen LogP contribution in [0.15, 0.2) is 0 Å². The first kappa shape index (κ1) is 38.9. The fourth-order valence-electron chi connectivity index (χ4n) is 2.15. The molecule has 41 heavy (non-hydrogen) atoms. The molecule has 1 atom stereocenters. The van der Waals surface area contributed by atoms with Gasteiger partial charge in [-0.2, -0.15) is 92.2 Å². The van der Waals surface area contributed by atoms with Gasteiger partial charge in [-0.3, -0.25) is 0 Å². The molecule has 0 aliphatic carbocycles. The van der Waals surface area contributed by atoms with E-state index in [1.54, 1.807) is 0 Å². The summed E-state index contributed by atoms with van der Waals surface area (Å²) in [5, 5.41) is 0. The summed E-state index contributed by atoms with van der Waals surface area (Å²) in [6.07, 6.45) is -28.7. The van der Waals surface area contributed by atoms with E-state index in [9.17, 15) is 101 Å². The second-order valence-electron chi connectivity index (χ2n) is 8.61. The van der Waals surface area contributed by atoms with E-state index < -0.39 is 77.6 Å². The largest absolute Gasteiger partial charge is 0.460 e. The molecule has 0 spiro atoms. The molecule has 0 aliphatic heterocycles. The van der Waals surface area contributed by atoms with Crippen molar-refractivity contribution in [1.29, 1.82) is 0 Å². The summed E-state index contributed by atoms with van der Waals surface area (Å²) in [6.45, 7) is 2.12. The summed E-state index contributed by atoms with van der Waals surface area (Å²) in [6, 6.07) is 0. The summed E-state index contributed by atoms with van der Waals surface area (Å²) in [7, 11) is 0. The van der Waals surface area contributed by atoms with E-state index in [4.69, 9.17) is 0 Å². The van der Waals surface area contributed by atoms with Crippen molar-refractivity contribution in [1.82, 2.24) is 0 Å². The van der Waals surface area contributed by atoms with Crippen LogP contribution in [0.1, 0.15) is 20.8 Å². The lowest BCUT2D eigenvalue weighted by Gasteiger charge is -2.43. The molecule has 0 aromatic heterocycles. The van der Waals surface area contributed by atoms with E-state index in [0.29, 0.717) is 20.8 Å². The van der Waals surface area contributed by atoms with Crippen LogP contribution in [0, 0.1) is 0 Å². The predicted octanol–water partition coefficient (Wildman–Crippen LogP) is 7.88. The van der Waals surface area contributed by atoms with Crippen molar-refractivity contribution < 1.29 is 111 Å². The highest BCUT2D eigenvalue weighted by molar-refractivity contribution is 5.76. The maximum atomic E-state index is 13.7. The van der Waals surface area contributed by atoms with Crippen molar-refractivity contribution in [2.24, 2.45) is 0 Å². The Kier molecular flexibility index (Phi) is 9.46. The first-order chi connectivity index (χ1) is 17.2. The molecular formula is C16H10F22O3. The molecule has 0 rings (SSSR count). The van der Waals surface area contributed by atoms with Crippen molar-refractivity contribution in [3.63, 3.8) is 0 Å². The van der Waals surface area contributed by atoms with Gasteiger partial charge in [0.25, 0.3) is 6.17 Å². The summed E-state index contributed by atoms with van der Waals surface area (Å²) >= 11 is 0. The lowest BCUT2D eigenvalue weighted by atomic mass is 9.87. The molecular weight excluding hydrogens is 658 g/mol. The average molecular weight is 668 g/mol. The van der Waals surface area contributed by atoms with Gasteiger partial charge in [0.05, 0.1) is 0 Å². The van der Waals surface area contributed by atoms with Crippen molar-refractivity contribution in [3.05, 3.63) is 0 Å². The van der Waals surface area contributed by atoms with Crippen LogP contribution in [0.4, 0.5) is 96.6 Å². The normalized spacial score (nSPS) is 17.0. The maximum absolute atomic E-state index is 13.7. The third-order valence-electron chi connectivity index (χ3n) is 4.26. The quantitative estimate of drug-likeness (QED) is 0.166. The number of hydrogen-bond acceptors (Lipinski definition) is 3. The molecule has 246 valence electrons. The zero-order valence-corrected chi connectivity index (χ0v) is 19.1. The van der Waals surface area contributed by atoms with E-state index in [0.717, 1.165) is 0 Å². The monoisotopic (exact) mass is 668 g/mol. The highest BCUT2D eigenvalue weighted by Gasteiger charge is 2.96. The minimum atomic E-state index is -9.23. The zero-order chi connectivity index (χ0) is 34.1. The van der Waals surface area contributed by atoms with E-state index in [1.807, 2.05) is 4.74 Å². The SMILES string of the molecule is CC(C)(C)OC(=O)C(F)(F)OC(F)(F)C(F)C(F)(F)C(F)(F)C(F)(F)C(F)(F)C(F)(F)C(F)(F)C(F)(F)C(F)(F)F. The molecule has 1 unspecified atom stereocenters. The van der Waals surface area contributed by atoms with Gasteiger partial charge < -0.3 is 4.74 Å². The minimum Gasteiger partial charge on any atom is -0.454 e. The Morgan fingerprint density at radius 2 is 0.805 bits per heavy atom. The van der Waals surface area contributed by atoms with Gasteiger partial charge in [-0.1, -0.05) is 0 Å². The molecule has 0 saturated carbocycles. The van der Waals surface area contributed by atoms with Crippen molar-refractivity contribution in [3.8, 4) is 0 Å². The molecule has 0 heterocycles. The van der Waals surface area contributed by atoms with Crippen LogP contribution in [-0.4, -0.2) is 77.6 Å². The standard InChI is InChI=1S/C16H10F22O3/c1-6(2,3)40-5(39)9(22,23)41-8(20,21)4(17)7(18,19)10(24,25)11(26,27)12(28,29)13(30,31)14(32,33)15(34,35)16(36,37)38/h4H,1-3H3. The number of ether oxygens (including phenoxy) is 2. The lowest BCUT2D eigenvalue weighted by molar-refractivity contribution is -0.470. The molecule has 3 nitrogen and oxygen atoms in total. The highest BCUT2D eigenvalue weighted by Crippen LogP contribution is 2.64. The number of carbonyl (C=O) groups excluding carboxylic acids is 1. The van der Waals surface area contributed by atoms with Gasteiger partial charge in [0.1, 0.15) is 5.60 Å². The van der Waals surface area contributed by atoms with Gasteiger partial charge in [0.2, 0.25) is 0 Å². The van der Waals surface area contributed by atoms with Crippen LogP contribution < -0.4 is 0 Å². The van der Waals surface area contributed by atoms with Gasteiger partial charge in [0.15, 0.2) is 0 Å². The summed E-state index contributed by atoms with van der Waals surface area (Å²) < 4.78 is 296. The molecule has 0 amide bonds. The number of alkyl halides is 22. The van der Waals surface area contributed by atoms with Crippen molar-refractivity contribution >= 4 is 5.97 Å². The van der Waals surface area contributed by atoms with Crippen LogP contribution in [0.3, 0.4) is 0 Å². The van der Waals surface area contributed by atoms with E-state index in [-0.39, 0.29) is 0 Å². The Hall–Kier alpha value is -2.11. The molecule has 25 heteroatoms. The van der Waals surface area contributed by atoms with Gasteiger partial charge in [0, 0.05) is 0 Å². The average Bonchev–Trinajstić information content (AvgIpc) is 2.69. The Bertz CT molecular complexity index is 959. The van der Waals surface area contributed by atoms with E-state index in [2.05, 4.69) is 4.74 Å². The molecule has 0 aliphatic rings. The first-order valence-corrected chi connectivity index (χ1v) is 9.28. The second kappa shape index (κ2) is 9.98. The fourth-order valence-corrected chi connectivity index (χ4v) is 2.15. The molecule has 0 aromatic rings. The molecule has 0 N–H and O–H groups in total. The number of hydrogen-bond donors (Lipinski definition) is 0. The van der Waals surface area contributed by atoms with Crippen molar-refractivity contribution in [2.75, 3.05) is 0 Å². The Morgan fingerprint density at radius 3 is 1.10 bits per heavy atom.